The molecule has 6 heteroatoms. The minimum atomic E-state index is -0.654. The first-order valence-corrected chi connectivity index (χ1v) is 10.6. The minimum absolute atomic E-state index is 0.113. The van der Waals surface area contributed by atoms with Crippen molar-refractivity contribution >= 4 is 17.7 Å². The largest absolute Gasteiger partial charge is 0.481 e. The van der Waals surface area contributed by atoms with Crippen LogP contribution in [0.5, 0.6) is 0 Å². The number of fused-ring (bicyclic) bond motifs is 1. The monoisotopic (exact) mass is 378 g/mol. The summed E-state index contributed by atoms with van der Waals surface area (Å²) in [6, 6.07) is 8.60. The lowest BCUT2D eigenvalue weighted by Crippen LogP contribution is -2.64. The first kappa shape index (κ1) is 19.7. The van der Waals surface area contributed by atoms with Crippen LogP contribution in [0.15, 0.2) is 29.2 Å². The average molecular weight is 379 g/mol. The lowest BCUT2D eigenvalue weighted by atomic mass is 9.69. The van der Waals surface area contributed by atoms with Crippen LogP contribution < -0.4 is 0 Å². The second kappa shape index (κ2) is 8.74. The number of likely N-dealkylation sites (tertiary alicyclic amines) is 2. The molecule has 2 atom stereocenters. The van der Waals surface area contributed by atoms with E-state index < -0.39 is 11.4 Å². The summed E-state index contributed by atoms with van der Waals surface area (Å²) in [7, 11) is 1.70. The number of piperidine rings is 2. The molecule has 0 unspecified atom stereocenters. The van der Waals surface area contributed by atoms with Crippen molar-refractivity contribution in [3.8, 4) is 0 Å². The Morgan fingerprint density at radius 1 is 1.38 bits per heavy atom. The van der Waals surface area contributed by atoms with Crippen molar-refractivity contribution in [1.82, 2.24) is 9.80 Å². The average Bonchev–Trinajstić information content (AvgIpc) is 2.66. The molecule has 3 rings (SSSR count). The van der Waals surface area contributed by atoms with Crippen LogP contribution in [0.4, 0.5) is 0 Å². The quantitative estimate of drug-likeness (QED) is 0.737. The number of ether oxygens (including phenoxy) is 1. The van der Waals surface area contributed by atoms with Crippen LogP contribution in [0.25, 0.3) is 0 Å². The molecule has 0 radical (unpaired) electrons. The summed E-state index contributed by atoms with van der Waals surface area (Å²) in [4.78, 5) is 18.4. The van der Waals surface area contributed by atoms with Gasteiger partial charge in [0.05, 0.1) is 12.0 Å². The molecule has 1 aromatic carbocycles. The van der Waals surface area contributed by atoms with Crippen molar-refractivity contribution in [2.45, 2.75) is 36.7 Å². The summed E-state index contributed by atoms with van der Waals surface area (Å²) in [6.45, 7) is 4.88. The maximum Gasteiger partial charge on any atom is 0.312 e. The third kappa shape index (κ3) is 3.93. The van der Waals surface area contributed by atoms with E-state index >= 15 is 0 Å². The van der Waals surface area contributed by atoms with Crippen molar-refractivity contribution in [2.75, 3.05) is 46.2 Å². The highest BCUT2D eigenvalue weighted by atomic mass is 32.2. The van der Waals surface area contributed by atoms with Gasteiger partial charge in [-0.15, -0.1) is 11.8 Å². The molecule has 5 nitrogen and oxygen atoms in total. The number of methoxy groups -OCH3 is 1. The number of carbonyl (C=O) groups is 1. The third-order valence-electron chi connectivity index (χ3n) is 5.97. The van der Waals surface area contributed by atoms with Crippen molar-refractivity contribution in [1.29, 1.82) is 0 Å². The number of rotatable bonds is 7. The molecule has 2 aliphatic rings. The molecule has 144 valence electrons. The van der Waals surface area contributed by atoms with Gasteiger partial charge in [0.15, 0.2) is 0 Å². The van der Waals surface area contributed by atoms with Gasteiger partial charge in [0.25, 0.3) is 0 Å². The van der Waals surface area contributed by atoms with Gasteiger partial charge in [0, 0.05) is 37.7 Å². The first-order valence-electron chi connectivity index (χ1n) is 9.41. The summed E-state index contributed by atoms with van der Waals surface area (Å²) in [5.74, 6) is -0.632. The van der Waals surface area contributed by atoms with Gasteiger partial charge in [-0.25, -0.2) is 0 Å². The van der Waals surface area contributed by atoms with Gasteiger partial charge in [-0.1, -0.05) is 18.2 Å². The summed E-state index contributed by atoms with van der Waals surface area (Å²) < 4.78 is 5.20. The number of hydrogen-bond acceptors (Lipinski definition) is 5. The molecule has 2 saturated heterocycles. The van der Waals surface area contributed by atoms with Crippen LogP contribution in [0, 0.1) is 5.41 Å². The summed E-state index contributed by atoms with van der Waals surface area (Å²) in [5.41, 5.74) is 0.654. The molecule has 0 saturated carbocycles. The fourth-order valence-corrected chi connectivity index (χ4v) is 5.28. The molecule has 1 aromatic rings. The maximum atomic E-state index is 12.4. The first-order chi connectivity index (χ1) is 12.6. The molecule has 0 bridgehead atoms. The Labute approximate surface area is 160 Å². The zero-order valence-corrected chi connectivity index (χ0v) is 16.6. The van der Waals surface area contributed by atoms with Gasteiger partial charge < -0.3 is 9.84 Å². The van der Waals surface area contributed by atoms with E-state index in [1.54, 1.807) is 18.9 Å². The predicted molar refractivity (Wildman–Crippen MR) is 105 cm³/mol. The lowest BCUT2D eigenvalue weighted by molar-refractivity contribution is -0.164. The van der Waals surface area contributed by atoms with Gasteiger partial charge in [-0.2, -0.15) is 0 Å². The molecule has 2 heterocycles. The molecule has 0 aromatic heterocycles. The molecular formula is C20H30N2O3S. The normalized spacial score (nSPS) is 27.2. The van der Waals surface area contributed by atoms with Crippen molar-refractivity contribution in [2.24, 2.45) is 5.41 Å². The summed E-state index contributed by atoms with van der Waals surface area (Å²) in [5, 5.41) is 10.2. The molecule has 2 fully saturated rings. The SMILES string of the molecule is COCCN1CC[C@@H]2N(Cc3ccccc3SC)CCC[C@@]2(C(=O)O)C1. The van der Waals surface area contributed by atoms with E-state index in [1.807, 2.05) is 0 Å². The number of carboxylic acid groups (broad SMARTS) is 1. The standard InChI is InChI=1S/C20H30N2O3S/c1-25-13-12-21-11-8-18-20(15-21,19(23)24)9-5-10-22(18)14-16-6-3-4-7-17(16)26-2/h3-4,6-7,18H,5,8-15H2,1-2H3,(H,23,24)/t18-,20+/m0/s1. The molecule has 2 aliphatic heterocycles. The number of aliphatic carboxylic acids is 1. The fourth-order valence-electron chi connectivity index (χ4n) is 4.67. The number of nitrogens with zero attached hydrogens (tertiary/aromatic N) is 2. The number of hydrogen-bond donors (Lipinski definition) is 1. The van der Waals surface area contributed by atoms with E-state index in [9.17, 15) is 9.90 Å². The molecule has 0 spiro atoms. The van der Waals surface area contributed by atoms with E-state index in [1.165, 1.54) is 10.5 Å². The highest BCUT2D eigenvalue weighted by molar-refractivity contribution is 7.98. The van der Waals surface area contributed by atoms with E-state index in [-0.39, 0.29) is 6.04 Å². The van der Waals surface area contributed by atoms with Crippen molar-refractivity contribution in [3.05, 3.63) is 29.8 Å². The molecule has 1 N–H and O–H groups in total. The van der Waals surface area contributed by atoms with Crippen LogP contribution in [0.3, 0.4) is 0 Å². The van der Waals surface area contributed by atoms with Crippen LogP contribution >= 0.6 is 11.8 Å². The van der Waals surface area contributed by atoms with Crippen LogP contribution in [-0.4, -0.2) is 73.1 Å². The van der Waals surface area contributed by atoms with Crippen LogP contribution in [0.2, 0.25) is 0 Å². The Morgan fingerprint density at radius 3 is 2.92 bits per heavy atom. The zero-order valence-electron chi connectivity index (χ0n) is 15.8. The molecule has 0 aliphatic carbocycles. The molecule has 0 amide bonds. The molecular weight excluding hydrogens is 348 g/mol. The number of carboxylic acids is 1. The van der Waals surface area contributed by atoms with Gasteiger partial charge in [-0.3, -0.25) is 14.6 Å². The smallest absolute Gasteiger partial charge is 0.312 e. The second-order valence-electron chi connectivity index (χ2n) is 7.42. The Morgan fingerprint density at radius 2 is 2.19 bits per heavy atom. The molecule has 26 heavy (non-hydrogen) atoms. The Hall–Kier alpha value is -1.08. The number of benzene rings is 1. The zero-order chi connectivity index (χ0) is 18.6. The third-order valence-corrected chi connectivity index (χ3v) is 6.81. The Balaban J connectivity index is 1.80. The van der Waals surface area contributed by atoms with Crippen LogP contribution in [0.1, 0.15) is 24.8 Å². The minimum Gasteiger partial charge on any atom is -0.481 e. The van der Waals surface area contributed by atoms with Crippen molar-refractivity contribution in [3.63, 3.8) is 0 Å². The second-order valence-corrected chi connectivity index (χ2v) is 8.27. The fraction of sp³-hybridized carbons (Fsp3) is 0.650. The predicted octanol–water partition coefficient (Wildman–Crippen LogP) is 2.80. The highest BCUT2D eigenvalue weighted by Gasteiger charge is 2.53. The summed E-state index contributed by atoms with van der Waals surface area (Å²) >= 11 is 1.76. The topological polar surface area (TPSA) is 53.0 Å². The highest BCUT2D eigenvalue weighted by Crippen LogP contribution is 2.42. The lowest BCUT2D eigenvalue weighted by Gasteiger charge is -2.53. The number of thioether (sulfide) groups is 1. The van der Waals surface area contributed by atoms with Gasteiger partial charge >= 0.3 is 5.97 Å². The van der Waals surface area contributed by atoms with Gasteiger partial charge in [-0.05, 0) is 50.2 Å². The Kier molecular flexibility index (Phi) is 6.61. The van der Waals surface area contributed by atoms with Gasteiger partial charge in [0.2, 0.25) is 0 Å². The van der Waals surface area contributed by atoms with Crippen molar-refractivity contribution < 1.29 is 14.6 Å². The maximum absolute atomic E-state index is 12.4. The van der Waals surface area contributed by atoms with E-state index in [4.69, 9.17) is 4.74 Å². The van der Waals surface area contributed by atoms with E-state index in [0.717, 1.165) is 45.4 Å². The van der Waals surface area contributed by atoms with Gasteiger partial charge in [0.1, 0.15) is 0 Å². The van der Waals surface area contributed by atoms with E-state index in [2.05, 4.69) is 40.3 Å². The summed E-state index contributed by atoms with van der Waals surface area (Å²) in [6.07, 6.45) is 4.74. The Bertz CT molecular complexity index is 627. The van der Waals surface area contributed by atoms with E-state index in [0.29, 0.717) is 13.2 Å². The van der Waals surface area contributed by atoms with Crippen LogP contribution in [-0.2, 0) is 16.1 Å².